The summed E-state index contributed by atoms with van der Waals surface area (Å²) in [4.78, 5) is 19.3. The fourth-order valence-corrected chi connectivity index (χ4v) is 2.94. The van der Waals surface area contributed by atoms with Crippen molar-refractivity contribution < 1.29 is 9.53 Å². The Kier molecular flexibility index (Phi) is 3.90. The minimum Gasteiger partial charge on any atom is -0.461 e. The number of carbonyl (C=O) groups is 1. The van der Waals surface area contributed by atoms with E-state index >= 15 is 0 Å². The van der Waals surface area contributed by atoms with Crippen LogP contribution in [0.15, 0.2) is 0 Å². The second-order valence-electron chi connectivity index (χ2n) is 4.81. The first-order chi connectivity index (χ1) is 8.54. The molecule has 100 valence electrons. The highest BCUT2D eigenvalue weighted by molar-refractivity contribution is 7.15. The predicted octanol–water partition coefficient (Wildman–Crippen LogP) is 2.86. The molecule has 0 amide bonds. The minimum atomic E-state index is -0.315. The van der Waals surface area contributed by atoms with Crippen molar-refractivity contribution in [3.05, 3.63) is 10.6 Å². The number of nitrogens with zero attached hydrogens (tertiary/aromatic N) is 2. The lowest BCUT2D eigenvalue weighted by Gasteiger charge is -2.23. The summed E-state index contributed by atoms with van der Waals surface area (Å²) in [6.07, 6.45) is 2.61. The first-order valence-corrected chi connectivity index (χ1v) is 7.23. The fourth-order valence-electron chi connectivity index (χ4n) is 1.99. The van der Waals surface area contributed by atoms with E-state index in [0.29, 0.717) is 18.3 Å². The molecule has 5 heteroatoms. The molecule has 0 saturated heterocycles. The van der Waals surface area contributed by atoms with Crippen molar-refractivity contribution in [3.8, 4) is 0 Å². The maximum absolute atomic E-state index is 11.7. The summed E-state index contributed by atoms with van der Waals surface area (Å²) in [6.45, 7) is 6.34. The number of hydrogen-bond donors (Lipinski definition) is 0. The fraction of sp³-hybridized carbons (Fsp3) is 0.692. The summed E-state index contributed by atoms with van der Waals surface area (Å²) >= 11 is 1.56. The van der Waals surface area contributed by atoms with Gasteiger partial charge in [0.05, 0.1) is 6.61 Å². The summed E-state index contributed by atoms with van der Waals surface area (Å²) in [6, 6.07) is 0.491. The van der Waals surface area contributed by atoms with Crippen LogP contribution < -0.4 is 4.90 Å². The Hall–Kier alpha value is -1.10. The lowest BCUT2D eigenvalue weighted by molar-refractivity contribution is 0.0519. The quantitative estimate of drug-likeness (QED) is 0.770. The van der Waals surface area contributed by atoms with E-state index in [-0.39, 0.29) is 5.97 Å². The molecule has 1 aromatic rings. The SMILES string of the molecule is CCOC(=O)c1nc(N(C)C(C)C2CC2)sc1C. The number of ether oxygens (including phenoxy) is 1. The lowest BCUT2D eigenvalue weighted by Crippen LogP contribution is -2.30. The monoisotopic (exact) mass is 268 g/mol. The van der Waals surface area contributed by atoms with Gasteiger partial charge in [-0.2, -0.15) is 0 Å². The number of rotatable bonds is 5. The van der Waals surface area contributed by atoms with E-state index in [9.17, 15) is 4.79 Å². The van der Waals surface area contributed by atoms with E-state index in [1.165, 1.54) is 12.8 Å². The van der Waals surface area contributed by atoms with Gasteiger partial charge in [0, 0.05) is 18.0 Å². The third kappa shape index (κ3) is 2.66. The van der Waals surface area contributed by atoms with Crippen molar-refractivity contribution >= 4 is 22.4 Å². The number of anilines is 1. The number of aromatic nitrogens is 1. The van der Waals surface area contributed by atoms with Gasteiger partial charge in [-0.1, -0.05) is 0 Å². The van der Waals surface area contributed by atoms with Crippen molar-refractivity contribution in [2.24, 2.45) is 5.92 Å². The molecule has 2 rings (SSSR count). The molecule has 0 aromatic carbocycles. The highest BCUT2D eigenvalue weighted by Crippen LogP contribution is 2.37. The third-order valence-corrected chi connectivity index (χ3v) is 4.53. The maximum atomic E-state index is 11.7. The van der Waals surface area contributed by atoms with Gasteiger partial charge in [-0.3, -0.25) is 0 Å². The number of thiazole rings is 1. The number of hydrogen-bond acceptors (Lipinski definition) is 5. The largest absolute Gasteiger partial charge is 0.461 e. The van der Waals surface area contributed by atoms with Gasteiger partial charge in [-0.25, -0.2) is 9.78 Å². The molecule has 1 aromatic heterocycles. The molecule has 0 bridgehead atoms. The highest BCUT2D eigenvalue weighted by atomic mass is 32.1. The van der Waals surface area contributed by atoms with E-state index < -0.39 is 0 Å². The number of aryl methyl sites for hydroxylation is 1. The highest BCUT2D eigenvalue weighted by Gasteiger charge is 2.32. The van der Waals surface area contributed by atoms with Crippen LogP contribution >= 0.6 is 11.3 Å². The standard InChI is InChI=1S/C13H20N2O2S/c1-5-17-12(16)11-9(3)18-13(14-11)15(4)8(2)10-6-7-10/h8,10H,5-7H2,1-4H3. The molecule has 1 fully saturated rings. The summed E-state index contributed by atoms with van der Waals surface area (Å²) in [5, 5.41) is 0.912. The zero-order chi connectivity index (χ0) is 13.3. The smallest absolute Gasteiger partial charge is 0.358 e. The average molecular weight is 268 g/mol. The second kappa shape index (κ2) is 5.26. The molecular formula is C13H20N2O2S. The van der Waals surface area contributed by atoms with Crippen molar-refractivity contribution in [3.63, 3.8) is 0 Å². The molecule has 18 heavy (non-hydrogen) atoms. The van der Waals surface area contributed by atoms with E-state index in [4.69, 9.17) is 4.74 Å². The van der Waals surface area contributed by atoms with E-state index in [2.05, 4.69) is 23.9 Å². The van der Waals surface area contributed by atoms with Crippen LogP contribution in [0.5, 0.6) is 0 Å². The van der Waals surface area contributed by atoms with Crippen molar-refractivity contribution in [2.75, 3.05) is 18.6 Å². The van der Waals surface area contributed by atoms with Gasteiger partial charge < -0.3 is 9.64 Å². The van der Waals surface area contributed by atoms with Gasteiger partial charge in [-0.05, 0) is 39.5 Å². The Morgan fingerprint density at radius 2 is 2.28 bits per heavy atom. The normalized spacial score (nSPS) is 16.4. The molecule has 1 aliphatic rings. The Bertz CT molecular complexity index is 440. The second-order valence-corrected chi connectivity index (χ2v) is 5.99. The first kappa shape index (κ1) is 13.3. The maximum Gasteiger partial charge on any atom is 0.358 e. The zero-order valence-corrected chi connectivity index (χ0v) is 12.2. The van der Waals surface area contributed by atoms with Crippen LogP contribution in [-0.2, 0) is 4.74 Å². The van der Waals surface area contributed by atoms with Gasteiger partial charge >= 0.3 is 5.97 Å². The van der Waals surface area contributed by atoms with Crippen LogP contribution in [0, 0.1) is 12.8 Å². The van der Waals surface area contributed by atoms with Crippen molar-refractivity contribution in [2.45, 2.75) is 39.7 Å². The van der Waals surface area contributed by atoms with Crippen LogP contribution in [-0.4, -0.2) is 30.6 Å². The average Bonchev–Trinajstić information content (AvgIpc) is 3.11. The van der Waals surface area contributed by atoms with Gasteiger partial charge in [0.2, 0.25) is 0 Å². The van der Waals surface area contributed by atoms with Gasteiger partial charge in [0.25, 0.3) is 0 Å². The van der Waals surface area contributed by atoms with Crippen LogP contribution in [0.4, 0.5) is 5.13 Å². The molecule has 1 atom stereocenters. The van der Waals surface area contributed by atoms with Crippen molar-refractivity contribution in [1.82, 2.24) is 4.98 Å². The van der Waals surface area contributed by atoms with Crippen LogP contribution in [0.1, 0.15) is 42.1 Å². The van der Waals surface area contributed by atoms with Crippen LogP contribution in [0.25, 0.3) is 0 Å². The van der Waals surface area contributed by atoms with Gasteiger partial charge in [0.15, 0.2) is 10.8 Å². The third-order valence-electron chi connectivity index (χ3n) is 3.47. The van der Waals surface area contributed by atoms with Gasteiger partial charge in [-0.15, -0.1) is 11.3 Å². The molecule has 4 nitrogen and oxygen atoms in total. The van der Waals surface area contributed by atoms with E-state index in [1.54, 1.807) is 11.3 Å². The summed E-state index contributed by atoms with van der Waals surface area (Å²) < 4.78 is 5.01. The summed E-state index contributed by atoms with van der Waals surface area (Å²) in [7, 11) is 2.05. The Labute approximate surface area is 112 Å². The molecule has 0 spiro atoms. The van der Waals surface area contributed by atoms with Crippen LogP contribution in [0.2, 0.25) is 0 Å². The molecule has 0 aliphatic heterocycles. The molecule has 1 aliphatic carbocycles. The minimum absolute atomic E-state index is 0.315. The molecule has 0 N–H and O–H groups in total. The predicted molar refractivity (Wildman–Crippen MR) is 73.4 cm³/mol. The molecule has 1 saturated carbocycles. The van der Waals surface area contributed by atoms with Gasteiger partial charge in [0.1, 0.15) is 0 Å². The first-order valence-electron chi connectivity index (χ1n) is 6.42. The number of esters is 1. The zero-order valence-electron chi connectivity index (χ0n) is 11.4. The Balaban J connectivity index is 2.14. The Morgan fingerprint density at radius 3 is 2.83 bits per heavy atom. The Morgan fingerprint density at radius 1 is 1.61 bits per heavy atom. The van der Waals surface area contributed by atoms with E-state index in [0.717, 1.165) is 15.9 Å². The molecular weight excluding hydrogens is 248 g/mol. The molecule has 1 heterocycles. The van der Waals surface area contributed by atoms with Crippen LogP contribution in [0.3, 0.4) is 0 Å². The van der Waals surface area contributed by atoms with E-state index in [1.807, 2.05) is 13.8 Å². The summed E-state index contributed by atoms with van der Waals surface area (Å²) in [5.41, 5.74) is 0.465. The number of carbonyl (C=O) groups excluding carboxylic acids is 1. The molecule has 0 radical (unpaired) electrons. The molecule has 1 unspecified atom stereocenters. The lowest BCUT2D eigenvalue weighted by atomic mass is 10.2. The van der Waals surface area contributed by atoms with Crippen molar-refractivity contribution in [1.29, 1.82) is 0 Å². The summed E-state index contributed by atoms with van der Waals surface area (Å²) in [5.74, 6) is 0.468. The topological polar surface area (TPSA) is 42.4 Å².